The molecule has 5 heteroatoms. The molecule has 0 aliphatic carbocycles. The molecule has 2 rings (SSSR count). The molecular weight excluding hydrogens is 192 g/mol. The zero-order valence-electron chi connectivity index (χ0n) is 9.31. The van der Waals surface area contributed by atoms with Crippen LogP contribution in [0.2, 0.25) is 0 Å². The van der Waals surface area contributed by atoms with E-state index in [1.807, 2.05) is 0 Å². The van der Waals surface area contributed by atoms with Gasteiger partial charge in [0.1, 0.15) is 0 Å². The van der Waals surface area contributed by atoms with Gasteiger partial charge in [-0.25, -0.2) is 0 Å². The van der Waals surface area contributed by atoms with E-state index in [1.165, 1.54) is 12.8 Å². The maximum Gasteiger partial charge on any atom is 0.260 e. The summed E-state index contributed by atoms with van der Waals surface area (Å²) >= 11 is 0. The molecule has 0 spiro atoms. The van der Waals surface area contributed by atoms with Crippen LogP contribution in [-0.4, -0.2) is 27.6 Å². The highest BCUT2D eigenvalue weighted by Gasteiger charge is 2.29. The van der Waals surface area contributed by atoms with E-state index in [9.17, 15) is 0 Å². The molecular formula is C10H18N4O. The molecule has 1 saturated heterocycles. The predicted octanol–water partition coefficient (Wildman–Crippen LogP) is 1.59. The second-order valence-corrected chi connectivity index (χ2v) is 4.33. The minimum atomic E-state index is 0.235. The van der Waals surface area contributed by atoms with Gasteiger partial charge in [0.05, 0.1) is 6.04 Å². The van der Waals surface area contributed by atoms with Gasteiger partial charge in [-0.15, -0.1) is 0 Å². The van der Waals surface area contributed by atoms with Crippen molar-refractivity contribution in [3.05, 3.63) is 5.89 Å². The second-order valence-electron chi connectivity index (χ2n) is 4.33. The van der Waals surface area contributed by atoms with Crippen molar-refractivity contribution in [1.82, 2.24) is 15.0 Å². The van der Waals surface area contributed by atoms with Crippen molar-refractivity contribution >= 4 is 5.95 Å². The van der Waals surface area contributed by atoms with Crippen LogP contribution in [0.4, 0.5) is 5.95 Å². The lowest BCUT2D eigenvalue weighted by atomic mass is 10.0. The third-order valence-corrected chi connectivity index (χ3v) is 2.95. The van der Waals surface area contributed by atoms with E-state index < -0.39 is 0 Å². The van der Waals surface area contributed by atoms with Gasteiger partial charge in [-0.3, -0.25) is 4.90 Å². The number of aromatic nitrogens is 2. The SMILES string of the molecule is CC(C)N1CCCCC1c1nc(N)no1. The van der Waals surface area contributed by atoms with E-state index in [2.05, 4.69) is 28.9 Å². The molecule has 0 amide bonds. The Kier molecular flexibility index (Phi) is 2.90. The van der Waals surface area contributed by atoms with Gasteiger partial charge in [0.25, 0.3) is 5.95 Å². The smallest absolute Gasteiger partial charge is 0.260 e. The van der Waals surface area contributed by atoms with Gasteiger partial charge in [-0.2, -0.15) is 4.98 Å². The van der Waals surface area contributed by atoms with E-state index in [0.717, 1.165) is 13.0 Å². The number of nitrogens with two attached hydrogens (primary N) is 1. The number of piperidine rings is 1. The first-order chi connectivity index (χ1) is 7.18. The van der Waals surface area contributed by atoms with Gasteiger partial charge in [0.2, 0.25) is 5.89 Å². The van der Waals surface area contributed by atoms with Crippen LogP contribution in [0.1, 0.15) is 45.0 Å². The number of rotatable bonds is 2. The van der Waals surface area contributed by atoms with Crippen molar-refractivity contribution in [1.29, 1.82) is 0 Å². The van der Waals surface area contributed by atoms with Gasteiger partial charge in [-0.1, -0.05) is 6.42 Å². The molecule has 0 radical (unpaired) electrons. The summed E-state index contributed by atoms with van der Waals surface area (Å²) in [6.07, 6.45) is 3.55. The van der Waals surface area contributed by atoms with Crippen LogP contribution in [0.25, 0.3) is 0 Å². The summed E-state index contributed by atoms with van der Waals surface area (Å²) in [7, 11) is 0. The second kappa shape index (κ2) is 4.18. The molecule has 5 nitrogen and oxygen atoms in total. The summed E-state index contributed by atoms with van der Waals surface area (Å²) in [4.78, 5) is 6.52. The Morgan fingerprint density at radius 2 is 2.27 bits per heavy atom. The molecule has 1 aliphatic rings. The molecule has 1 atom stereocenters. The molecule has 15 heavy (non-hydrogen) atoms. The fourth-order valence-electron chi connectivity index (χ4n) is 2.22. The van der Waals surface area contributed by atoms with Crippen molar-refractivity contribution in [2.45, 2.75) is 45.2 Å². The third-order valence-electron chi connectivity index (χ3n) is 2.95. The van der Waals surface area contributed by atoms with Crippen molar-refractivity contribution in [3.63, 3.8) is 0 Å². The van der Waals surface area contributed by atoms with E-state index >= 15 is 0 Å². The molecule has 0 saturated carbocycles. The van der Waals surface area contributed by atoms with E-state index in [0.29, 0.717) is 11.9 Å². The molecule has 2 heterocycles. The third kappa shape index (κ3) is 2.12. The maximum absolute atomic E-state index is 5.47. The van der Waals surface area contributed by atoms with Crippen LogP contribution in [0.5, 0.6) is 0 Å². The van der Waals surface area contributed by atoms with E-state index in [1.54, 1.807) is 0 Å². The Morgan fingerprint density at radius 1 is 1.47 bits per heavy atom. The Bertz CT molecular complexity index is 323. The molecule has 2 N–H and O–H groups in total. The van der Waals surface area contributed by atoms with Gasteiger partial charge in [0, 0.05) is 6.04 Å². The number of nitrogen functional groups attached to an aromatic ring is 1. The summed E-state index contributed by atoms with van der Waals surface area (Å²) < 4.78 is 5.16. The summed E-state index contributed by atoms with van der Waals surface area (Å²) in [6.45, 7) is 5.49. The average molecular weight is 210 g/mol. The standard InChI is InChI=1S/C10H18N4O/c1-7(2)14-6-4-3-5-8(14)9-12-10(11)13-15-9/h7-8H,3-6H2,1-2H3,(H2,11,13). The number of likely N-dealkylation sites (tertiary alicyclic amines) is 1. The summed E-state index contributed by atoms with van der Waals surface area (Å²) in [5, 5.41) is 3.65. The lowest BCUT2D eigenvalue weighted by molar-refractivity contribution is 0.0875. The van der Waals surface area contributed by atoms with Crippen LogP contribution in [0, 0.1) is 0 Å². The normalized spacial score (nSPS) is 23.5. The lowest BCUT2D eigenvalue weighted by Crippen LogP contribution is -2.38. The van der Waals surface area contributed by atoms with Crippen LogP contribution in [0.3, 0.4) is 0 Å². The van der Waals surface area contributed by atoms with Crippen molar-refractivity contribution in [2.24, 2.45) is 0 Å². The molecule has 1 aromatic heterocycles. The van der Waals surface area contributed by atoms with Gasteiger partial charge >= 0.3 is 0 Å². The van der Waals surface area contributed by atoms with E-state index in [4.69, 9.17) is 10.3 Å². The van der Waals surface area contributed by atoms with Crippen molar-refractivity contribution in [3.8, 4) is 0 Å². The fraction of sp³-hybridized carbons (Fsp3) is 0.800. The Morgan fingerprint density at radius 3 is 2.87 bits per heavy atom. The zero-order chi connectivity index (χ0) is 10.8. The van der Waals surface area contributed by atoms with Crippen LogP contribution in [-0.2, 0) is 0 Å². The molecule has 1 aliphatic heterocycles. The summed E-state index contributed by atoms with van der Waals surface area (Å²) in [5.41, 5.74) is 5.47. The highest BCUT2D eigenvalue weighted by molar-refractivity contribution is 5.12. The van der Waals surface area contributed by atoms with Crippen molar-refractivity contribution in [2.75, 3.05) is 12.3 Å². The highest BCUT2D eigenvalue weighted by Crippen LogP contribution is 2.31. The number of nitrogens with zero attached hydrogens (tertiary/aromatic N) is 3. The largest absolute Gasteiger partial charge is 0.365 e. The lowest BCUT2D eigenvalue weighted by Gasteiger charge is -2.36. The summed E-state index contributed by atoms with van der Waals surface area (Å²) in [6, 6.07) is 0.756. The number of anilines is 1. The quantitative estimate of drug-likeness (QED) is 0.802. The van der Waals surface area contributed by atoms with Gasteiger partial charge < -0.3 is 10.3 Å². The number of hydrogen-bond donors (Lipinski definition) is 1. The van der Waals surface area contributed by atoms with Gasteiger partial charge in [0.15, 0.2) is 0 Å². The highest BCUT2D eigenvalue weighted by atomic mass is 16.5. The Labute approximate surface area is 89.6 Å². The first kappa shape index (κ1) is 10.4. The monoisotopic (exact) mass is 210 g/mol. The Balaban J connectivity index is 2.17. The summed E-state index contributed by atoms with van der Waals surface area (Å²) in [5.74, 6) is 0.903. The molecule has 84 valence electrons. The van der Waals surface area contributed by atoms with Crippen molar-refractivity contribution < 1.29 is 4.52 Å². The average Bonchev–Trinajstić information content (AvgIpc) is 2.65. The predicted molar refractivity (Wildman–Crippen MR) is 57.1 cm³/mol. The molecule has 1 fully saturated rings. The molecule has 0 aromatic carbocycles. The van der Waals surface area contributed by atoms with Gasteiger partial charge in [-0.05, 0) is 38.4 Å². The van der Waals surface area contributed by atoms with E-state index in [-0.39, 0.29) is 12.0 Å². The minimum Gasteiger partial charge on any atom is -0.365 e. The fourth-order valence-corrected chi connectivity index (χ4v) is 2.22. The first-order valence-corrected chi connectivity index (χ1v) is 5.53. The van der Waals surface area contributed by atoms with Crippen LogP contribution < -0.4 is 5.73 Å². The molecule has 1 unspecified atom stereocenters. The maximum atomic E-state index is 5.47. The topological polar surface area (TPSA) is 68.2 Å². The Hall–Kier alpha value is -1.10. The minimum absolute atomic E-state index is 0.235. The van der Waals surface area contributed by atoms with Crippen LogP contribution in [0.15, 0.2) is 4.52 Å². The first-order valence-electron chi connectivity index (χ1n) is 5.53. The zero-order valence-corrected chi connectivity index (χ0v) is 9.31. The van der Waals surface area contributed by atoms with Crippen LogP contribution >= 0.6 is 0 Å². The molecule has 0 bridgehead atoms. The molecule has 1 aromatic rings. The number of hydrogen-bond acceptors (Lipinski definition) is 5.